The Morgan fingerprint density at radius 3 is 2.50 bits per heavy atom. The molecular weight excluding hydrogens is 408 g/mol. The average molecular weight is 437 g/mol. The third kappa shape index (κ3) is 4.75. The number of ether oxygens (including phenoxy) is 1. The normalized spacial score (nSPS) is 15.4. The molecule has 1 atom stereocenters. The number of amides is 1. The monoisotopic (exact) mass is 436 g/mol. The van der Waals surface area contributed by atoms with Gasteiger partial charge in [-0.15, -0.1) is 0 Å². The molecule has 0 radical (unpaired) electrons. The molecule has 0 bridgehead atoms. The van der Waals surface area contributed by atoms with Crippen LogP contribution in [0.5, 0.6) is 5.75 Å². The maximum absolute atomic E-state index is 12.7. The Morgan fingerprint density at radius 1 is 1.06 bits per heavy atom. The van der Waals surface area contributed by atoms with Gasteiger partial charge in [-0.2, -0.15) is 0 Å². The highest BCUT2D eigenvalue weighted by Gasteiger charge is 2.23. The topological polar surface area (TPSA) is 96.4 Å². The van der Waals surface area contributed by atoms with E-state index in [9.17, 15) is 14.4 Å². The molecule has 8 heteroatoms. The molecule has 1 fully saturated rings. The van der Waals surface area contributed by atoms with Gasteiger partial charge >= 0.3 is 5.69 Å². The van der Waals surface area contributed by atoms with E-state index < -0.39 is 11.2 Å². The number of piperidine rings is 1. The fourth-order valence-electron chi connectivity index (χ4n) is 4.27. The molecule has 0 aliphatic carbocycles. The Morgan fingerprint density at radius 2 is 1.78 bits per heavy atom. The minimum atomic E-state index is -0.591. The summed E-state index contributed by atoms with van der Waals surface area (Å²) < 4.78 is 6.21. The van der Waals surface area contributed by atoms with E-state index in [1.807, 2.05) is 24.3 Å². The number of nitrogens with one attached hydrogen (secondary N) is 2. The highest BCUT2D eigenvalue weighted by molar-refractivity contribution is 5.78. The van der Waals surface area contributed by atoms with E-state index in [0.29, 0.717) is 17.4 Å². The van der Waals surface area contributed by atoms with Crippen LogP contribution in [-0.4, -0.2) is 47.1 Å². The maximum Gasteiger partial charge on any atom is 0.329 e. The number of methoxy groups -OCH3 is 1. The second kappa shape index (κ2) is 9.82. The van der Waals surface area contributed by atoms with Crippen LogP contribution in [0.2, 0.25) is 0 Å². The molecule has 4 rings (SSSR count). The van der Waals surface area contributed by atoms with Crippen LogP contribution in [0.4, 0.5) is 0 Å². The Kier molecular flexibility index (Phi) is 6.70. The van der Waals surface area contributed by atoms with Crippen LogP contribution in [0.1, 0.15) is 30.9 Å². The van der Waals surface area contributed by atoms with Gasteiger partial charge in [-0.25, -0.2) is 4.79 Å². The zero-order valence-corrected chi connectivity index (χ0v) is 18.2. The van der Waals surface area contributed by atoms with Gasteiger partial charge in [0.05, 0.1) is 24.1 Å². The molecule has 2 N–H and O–H groups in total. The Hall–Kier alpha value is -3.39. The van der Waals surface area contributed by atoms with E-state index in [0.717, 1.165) is 41.8 Å². The van der Waals surface area contributed by atoms with Gasteiger partial charge in [-0.1, -0.05) is 30.7 Å². The van der Waals surface area contributed by atoms with Gasteiger partial charge in [0.15, 0.2) is 0 Å². The molecule has 1 aliphatic heterocycles. The highest BCUT2D eigenvalue weighted by Crippen LogP contribution is 2.25. The van der Waals surface area contributed by atoms with Crippen LogP contribution >= 0.6 is 0 Å². The number of hydrogen-bond donors (Lipinski definition) is 2. The van der Waals surface area contributed by atoms with Crippen molar-refractivity contribution in [1.29, 1.82) is 0 Å². The number of fused-ring (bicyclic) bond motifs is 1. The fourth-order valence-corrected chi connectivity index (χ4v) is 4.27. The largest absolute Gasteiger partial charge is 0.497 e. The van der Waals surface area contributed by atoms with Gasteiger partial charge < -0.3 is 15.0 Å². The standard InChI is InChI=1S/C24H28N4O4/c1-32-18-11-9-17(10-12-18)21(27-13-5-2-6-14-27)15-25-22(29)16-28-23(30)19-7-3-4-8-20(19)26-24(28)31/h3-4,7-12,21H,2,5-6,13-16H2,1H3,(H,25,29)(H,26,31). The molecule has 8 nitrogen and oxygen atoms in total. The Balaban J connectivity index is 1.50. The van der Waals surface area contributed by atoms with Crippen molar-refractivity contribution >= 4 is 16.8 Å². The number of para-hydroxylation sites is 1. The van der Waals surface area contributed by atoms with E-state index in [2.05, 4.69) is 15.2 Å². The molecule has 1 saturated heterocycles. The van der Waals surface area contributed by atoms with Gasteiger partial charge in [-0.05, 0) is 55.8 Å². The number of likely N-dealkylation sites (tertiary alicyclic amines) is 1. The summed E-state index contributed by atoms with van der Waals surface area (Å²) in [5.41, 5.74) is 0.492. The molecule has 1 amide bonds. The summed E-state index contributed by atoms with van der Waals surface area (Å²) in [5.74, 6) is 0.411. The van der Waals surface area contributed by atoms with Gasteiger partial charge in [0, 0.05) is 6.54 Å². The Bertz CT molecular complexity index is 1190. The predicted molar refractivity (Wildman–Crippen MR) is 123 cm³/mol. The number of aromatic amines is 1. The van der Waals surface area contributed by atoms with Crippen molar-refractivity contribution in [1.82, 2.24) is 19.8 Å². The SMILES string of the molecule is COc1ccc(C(CNC(=O)Cn2c(=O)[nH]c3ccccc3c2=O)N2CCCCC2)cc1. The second-order valence-electron chi connectivity index (χ2n) is 8.06. The summed E-state index contributed by atoms with van der Waals surface area (Å²) in [6.07, 6.45) is 3.47. The van der Waals surface area contributed by atoms with Crippen molar-refractivity contribution in [3.05, 3.63) is 74.9 Å². The quantitative estimate of drug-likeness (QED) is 0.591. The number of nitrogens with zero attached hydrogens (tertiary/aromatic N) is 2. The minimum Gasteiger partial charge on any atom is -0.497 e. The zero-order valence-electron chi connectivity index (χ0n) is 18.2. The van der Waals surface area contributed by atoms with Crippen LogP contribution in [-0.2, 0) is 11.3 Å². The molecular formula is C24H28N4O4. The molecule has 3 aromatic rings. The van der Waals surface area contributed by atoms with Crippen LogP contribution in [0.15, 0.2) is 58.1 Å². The first-order chi connectivity index (χ1) is 15.6. The first kappa shape index (κ1) is 21.8. The van der Waals surface area contributed by atoms with Crippen molar-refractivity contribution in [2.45, 2.75) is 31.8 Å². The van der Waals surface area contributed by atoms with Crippen molar-refractivity contribution in [3.8, 4) is 5.75 Å². The van der Waals surface area contributed by atoms with E-state index in [4.69, 9.17) is 4.74 Å². The second-order valence-corrected chi connectivity index (χ2v) is 8.06. The van der Waals surface area contributed by atoms with Crippen molar-refractivity contribution in [2.24, 2.45) is 0 Å². The number of aromatic nitrogens is 2. The van der Waals surface area contributed by atoms with Crippen molar-refractivity contribution in [3.63, 3.8) is 0 Å². The third-order valence-corrected chi connectivity index (χ3v) is 6.02. The van der Waals surface area contributed by atoms with Crippen LogP contribution < -0.4 is 21.3 Å². The molecule has 2 aromatic carbocycles. The lowest BCUT2D eigenvalue weighted by atomic mass is 10.0. The molecule has 1 unspecified atom stereocenters. The highest BCUT2D eigenvalue weighted by atomic mass is 16.5. The first-order valence-corrected chi connectivity index (χ1v) is 10.9. The number of rotatable bonds is 7. The average Bonchev–Trinajstić information content (AvgIpc) is 2.83. The summed E-state index contributed by atoms with van der Waals surface area (Å²) in [7, 11) is 1.63. The fraction of sp³-hybridized carbons (Fsp3) is 0.375. The lowest BCUT2D eigenvalue weighted by Gasteiger charge is -2.35. The lowest BCUT2D eigenvalue weighted by Crippen LogP contribution is -2.44. The number of carbonyl (C=O) groups excluding carboxylic acids is 1. The van der Waals surface area contributed by atoms with Gasteiger partial charge in [-0.3, -0.25) is 19.1 Å². The van der Waals surface area contributed by atoms with Gasteiger partial charge in [0.25, 0.3) is 5.56 Å². The summed E-state index contributed by atoms with van der Waals surface area (Å²) in [5, 5.41) is 3.31. The van der Waals surface area contributed by atoms with Gasteiger partial charge in [0.1, 0.15) is 12.3 Å². The van der Waals surface area contributed by atoms with Gasteiger partial charge in [0.2, 0.25) is 5.91 Å². The van der Waals surface area contributed by atoms with E-state index in [-0.39, 0.29) is 18.5 Å². The van der Waals surface area contributed by atoms with Crippen LogP contribution in [0.3, 0.4) is 0 Å². The molecule has 32 heavy (non-hydrogen) atoms. The predicted octanol–water partition coefficient (Wildman–Crippen LogP) is 2.04. The zero-order chi connectivity index (χ0) is 22.5. The lowest BCUT2D eigenvalue weighted by molar-refractivity contribution is -0.122. The Labute approximate surface area is 185 Å². The minimum absolute atomic E-state index is 0.0109. The summed E-state index contributed by atoms with van der Waals surface area (Å²) >= 11 is 0. The third-order valence-electron chi connectivity index (χ3n) is 6.02. The number of hydrogen-bond acceptors (Lipinski definition) is 5. The molecule has 168 valence electrons. The molecule has 2 heterocycles. The van der Waals surface area contributed by atoms with E-state index in [1.54, 1.807) is 31.4 Å². The number of carbonyl (C=O) groups is 1. The van der Waals surface area contributed by atoms with E-state index in [1.165, 1.54) is 6.42 Å². The number of H-pyrrole nitrogens is 1. The van der Waals surface area contributed by atoms with Crippen LogP contribution in [0, 0.1) is 0 Å². The molecule has 0 saturated carbocycles. The molecule has 0 spiro atoms. The maximum atomic E-state index is 12.7. The van der Waals surface area contributed by atoms with Crippen LogP contribution in [0.25, 0.3) is 10.9 Å². The smallest absolute Gasteiger partial charge is 0.329 e. The number of benzene rings is 2. The summed E-state index contributed by atoms with van der Waals surface area (Å²) in [6.45, 7) is 2.01. The summed E-state index contributed by atoms with van der Waals surface area (Å²) in [4.78, 5) is 42.8. The van der Waals surface area contributed by atoms with E-state index >= 15 is 0 Å². The molecule has 1 aliphatic rings. The van der Waals surface area contributed by atoms with Crippen molar-refractivity contribution in [2.75, 3.05) is 26.7 Å². The van der Waals surface area contributed by atoms with Crippen molar-refractivity contribution < 1.29 is 9.53 Å². The molecule has 1 aromatic heterocycles. The summed E-state index contributed by atoms with van der Waals surface area (Å²) in [6, 6.07) is 14.7. The first-order valence-electron chi connectivity index (χ1n) is 10.9.